The predicted octanol–water partition coefficient (Wildman–Crippen LogP) is 0.490. The minimum Gasteiger partial charge on any atom is -0.481 e. The Morgan fingerprint density at radius 2 is 1.87 bits per heavy atom. The minimum atomic E-state index is -3.18. The highest BCUT2D eigenvalue weighted by molar-refractivity contribution is 7.92. The molecule has 0 spiro atoms. The zero-order valence-corrected chi connectivity index (χ0v) is 18.4. The van der Waals surface area contributed by atoms with Gasteiger partial charge >= 0.3 is 0 Å². The number of aliphatic carboxylic acids is 1. The van der Waals surface area contributed by atoms with E-state index in [1.807, 2.05) is 19.0 Å². The van der Waals surface area contributed by atoms with Crippen LogP contribution in [0.5, 0.6) is 0 Å². The Kier molecular flexibility index (Phi) is 6.48. The van der Waals surface area contributed by atoms with Crippen molar-refractivity contribution in [3.8, 4) is 10.8 Å². The fraction of sp³-hybridized carbons (Fsp3) is 0.500. The number of thiazole rings is 1. The molecular formula is C18H23N5O5S2. The van der Waals surface area contributed by atoms with Crippen LogP contribution in [0.25, 0.3) is 10.8 Å². The van der Waals surface area contributed by atoms with Crippen LogP contribution in [-0.2, 0) is 14.6 Å². The molecule has 3 atom stereocenters. The lowest BCUT2D eigenvalue weighted by Crippen LogP contribution is -2.38. The van der Waals surface area contributed by atoms with Gasteiger partial charge in [0.05, 0.1) is 11.0 Å². The van der Waals surface area contributed by atoms with Crippen LogP contribution in [-0.4, -0.2) is 94.4 Å². The summed E-state index contributed by atoms with van der Waals surface area (Å²) in [6.45, 7) is 1.77. The van der Waals surface area contributed by atoms with Gasteiger partial charge in [0.15, 0.2) is 20.7 Å². The monoisotopic (exact) mass is 453 g/mol. The van der Waals surface area contributed by atoms with Gasteiger partial charge in [0.2, 0.25) is 0 Å². The number of likely N-dealkylation sites (tertiary alicyclic amines) is 1. The lowest BCUT2D eigenvalue weighted by atomic mass is 10.00. The Balaban J connectivity index is 0.000000589. The van der Waals surface area contributed by atoms with Crippen molar-refractivity contribution in [1.82, 2.24) is 24.8 Å². The highest BCUT2D eigenvalue weighted by atomic mass is 32.2. The van der Waals surface area contributed by atoms with Gasteiger partial charge in [0.25, 0.3) is 11.9 Å². The lowest BCUT2D eigenvalue weighted by Gasteiger charge is -2.24. The number of aromatic nitrogens is 3. The van der Waals surface area contributed by atoms with Gasteiger partial charge in [0, 0.05) is 49.7 Å². The smallest absolute Gasteiger partial charge is 0.300 e. The van der Waals surface area contributed by atoms with Crippen molar-refractivity contribution in [2.75, 3.05) is 32.9 Å². The zero-order valence-electron chi connectivity index (χ0n) is 16.8. The molecule has 0 bridgehead atoms. The van der Waals surface area contributed by atoms with Crippen LogP contribution in [0.15, 0.2) is 23.8 Å². The topological polar surface area (TPSA) is 134 Å². The molecule has 4 heterocycles. The molecule has 30 heavy (non-hydrogen) atoms. The number of carboxylic acid groups (broad SMARTS) is 1. The first kappa shape index (κ1) is 22.2. The maximum Gasteiger partial charge on any atom is 0.300 e. The van der Waals surface area contributed by atoms with Gasteiger partial charge in [-0.1, -0.05) is 0 Å². The van der Waals surface area contributed by atoms with Crippen LogP contribution < -0.4 is 0 Å². The number of fused-ring (bicyclic) bond motifs is 1. The van der Waals surface area contributed by atoms with Crippen LogP contribution in [0.4, 0.5) is 0 Å². The van der Waals surface area contributed by atoms with Crippen molar-refractivity contribution in [2.45, 2.75) is 18.2 Å². The molecule has 0 unspecified atom stereocenters. The van der Waals surface area contributed by atoms with Gasteiger partial charge in [0.1, 0.15) is 5.69 Å². The maximum atomic E-state index is 12.8. The lowest BCUT2D eigenvalue weighted by molar-refractivity contribution is -0.134. The molecule has 4 rings (SSSR count). The molecule has 2 fully saturated rings. The summed E-state index contributed by atoms with van der Waals surface area (Å²) in [4.78, 5) is 38.0. The molecular weight excluding hydrogens is 430 g/mol. The van der Waals surface area contributed by atoms with Gasteiger partial charge < -0.3 is 14.9 Å². The largest absolute Gasteiger partial charge is 0.481 e. The molecule has 162 valence electrons. The van der Waals surface area contributed by atoms with Gasteiger partial charge in [-0.15, -0.1) is 11.3 Å². The van der Waals surface area contributed by atoms with Crippen LogP contribution in [0, 0.1) is 5.92 Å². The normalized spacial score (nSPS) is 24.3. The highest BCUT2D eigenvalue weighted by Gasteiger charge is 2.53. The second-order valence-corrected chi connectivity index (χ2v) is 10.5. The number of carbonyl (C=O) groups excluding carboxylic acids is 1. The molecule has 0 saturated carbocycles. The Bertz CT molecular complexity index is 1020. The molecule has 0 aromatic carbocycles. The third-order valence-corrected chi connectivity index (χ3v) is 8.16. The number of nitrogens with zero attached hydrogens (tertiary/aromatic N) is 5. The Morgan fingerprint density at radius 1 is 1.23 bits per heavy atom. The molecule has 2 aromatic rings. The molecule has 0 aliphatic carbocycles. The van der Waals surface area contributed by atoms with Crippen molar-refractivity contribution in [1.29, 1.82) is 0 Å². The van der Waals surface area contributed by atoms with Gasteiger partial charge in [-0.3, -0.25) is 9.59 Å². The average Bonchev–Trinajstić information content (AvgIpc) is 3.38. The second-order valence-electron chi connectivity index (χ2n) is 7.40. The molecule has 2 aliphatic rings. The Hall–Kier alpha value is -2.44. The number of hydrogen-bond acceptors (Lipinski definition) is 9. The summed E-state index contributed by atoms with van der Waals surface area (Å²) in [7, 11) is 0.599. The average molecular weight is 454 g/mol. The van der Waals surface area contributed by atoms with Gasteiger partial charge in [-0.2, -0.15) is 0 Å². The number of carbonyl (C=O) groups is 2. The standard InChI is InChI=1S/C16H19N5O3S2.C2H4O2/c1-20(2)12-9-26(23,24)13-7-21(6-10(12)13)16(22)11-8-25-15(19-11)14-17-4-3-5-18-14;1-2(3)4/h3-5,8,10,12-13H,6-7,9H2,1-2H3;1H3,(H,3,4)/t10-,12+,13-;/m0./s1. The van der Waals surface area contributed by atoms with E-state index in [4.69, 9.17) is 9.90 Å². The van der Waals surface area contributed by atoms with E-state index < -0.39 is 21.1 Å². The molecule has 2 aliphatic heterocycles. The number of sulfone groups is 1. The molecule has 2 aromatic heterocycles. The summed E-state index contributed by atoms with van der Waals surface area (Å²) in [5, 5.41) is 9.20. The van der Waals surface area contributed by atoms with E-state index in [1.54, 1.807) is 28.7 Å². The summed E-state index contributed by atoms with van der Waals surface area (Å²) in [6.07, 6.45) is 3.25. The van der Waals surface area contributed by atoms with E-state index in [-0.39, 0.29) is 30.2 Å². The Labute approximate surface area is 178 Å². The van der Waals surface area contributed by atoms with Crippen LogP contribution in [0.2, 0.25) is 0 Å². The molecule has 1 N–H and O–H groups in total. The van der Waals surface area contributed by atoms with E-state index in [2.05, 4.69) is 15.0 Å². The summed E-state index contributed by atoms with van der Waals surface area (Å²) in [5.41, 5.74) is 0.316. The zero-order chi connectivity index (χ0) is 22.1. The molecule has 1 amide bonds. The molecule has 0 radical (unpaired) electrons. The maximum absolute atomic E-state index is 12.8. The molecule has 12 heteroatoms. The number of rotatable bonds is 3. The van der Waals surface area contributed by atoms with E-state index in [0.29, 0.717) is 23.1 Å². The summed E-state index contributed by atoms with van der Waals surface area (Å²) in [5.74, 6) is -0.464. The van der Waals surface area contributed by atoms with Crippen LogP contribution in [0.3, 0.4) is 0 Å². The Morgan fingerprint density at radius 3 is 2.47 bits per heavy atom. The van der Waals surface area contributed by atoms with Crippen molar-refractivity contribution in [3.05, 3.63) is 29.5 Å². The first-order valence-electron chi connectivity index (χ1n) is 9.20. The number of hydrogen-bond donors (Lipinski definition) is 1. The quantitative estimate of drug-likeness (QED) is 0.704. The van der Waals surface area contributed by atoms with E-state index in [9.17, 15) is 13.2 Å². The second kappa shape index (κ2) is 8.74. The highest BCUT2D eigenvalue weighted by Crippen LogP contribution is 2.36. The first-order valence-corrected chi connectivity index (χ1v) is 11.8. The third-order valence-electron chi connectivity index (χ3n) is 5.10. The van der Waals surface area contributed by atoms with Crippen molar-refractivity contribution in [2.24, 2.45) is 5.92 Å². The SMILES string of the molecule is CC(=O)O.CN(C)[C@@H]1CS(=O)(=O)[C@H]2CN(C(=O)c3csc(-c4ncccn4)n3)C[C@@H]12. The summed E-state index contributed by atoms with van der Waals surface area (Å²) in [6, 6.07) is 1.67. The minimum absolute atomic E-state index is 0.0467. The van der Waals surface area contributed by atoms with Crippen LogP contribution >= 0.6 is 11.3 Å². The van der Waals surface area contributed by atoms with E-state index in [1.165, 1.54) is 11.3 Å². The van der Waals surface area contributed by atoms with E-state index in [0.717, 1.165) is 6.92 Å². The van der Waals surface area contributed by atoms with Gasteiger partial charge in [-0.05, 0) is 20.2 Å². The fourth-order valence-corrected chi connectivity index (χ4v) is 6.99. The van der Waals surface area contributed by atoms with E-state index >= 15 is 0 Å². The molecule has 10 nitrogen and oxygen atoms in total. The molecule has 2 saturated heterocycles. The third kappa shape index (κ3) is 4.65. The van der Waals surface area contributed by atoms with Crippen molar-refractivity contribution >= 4 is 33.1 Å². The predicted molar refractivity (Wildman–Crippen MR) is 111 cm³/mol. The van der Waals surface area contributed by atoms with Crippen LogP contribution in [0.1, 0.15) is 17.4 Å². The van der Waals surface area contributed by atoms with Crippen molar-refractivity contribution in [3.63, 3.8) is 0 Å². The first-order chi connectivity index (χ1) is 14.1. The van der Waals surface area contributed by atoms with Gasteiger partial charge in [-0.25, -0.2) is 23.4 Å². The van der Waals surface area contributed by atoms with Crippen molar-refractivity contribution < 1.29 is 23.1 Å². The summed E-state index contributed by atoms with van der Waals surface area (Å²) >= 11 is 1.31. The summed E-state index contributed by atoms with van der Waals surface area (Å²) < 4.78 is 24.9. The number of carboxylic acids is 1. The number of amides is 1. The fourth-order valence-electron chi connectivity index (χ4n) is 3.78.